The first-order chi connectivity index (χ1) is 10.3. The Morgan fingerprint density at radius 2 is 1.73 bits per heavy atom. The summed E-state index contributed by atoms with van der Waals surface area (Å²) in [6, 6.07) is 6.48. The number of hydrogen-bond donors (Lipinski definition) is 0. The van der Waals surface area contributed by atoms with E-state index in [2.05, 4.69) is 5.16 Å². The molecular weight excluding hydrogens is 302 g/mol. The molecule has 1 aromatic carbocycles. The first-order valence-corrected chi connectivity index (χ1v) is 8.23. The number of rotatable bonds is 4. The summed E-state index contributed by atoms with van der Waals surface area (Å²) in [7, 11) is -3.97. The van der Waals surface area contributed by atoms with Crippen molar-refractivity contribution in [2.45, 2.75) is 31.6 Å². The van der Waals surface area contributed by atoms with Crippen molar-refractivity contribution in [2.75, 3.05) is 0 Å². The van der Waals surface area contributed by atoms with Gasteiger partial charge in [0.2, 0.25) is 0 Å². The topological polar surface area (TPSA) is 72.8 Å². The SMILES string of the molecule is CC1=CC(=O)C=CC1=NOS(=O)(=O)c1ccc(C(C)C)cc1. The number of nitrogens with zero attached hydrogens (tertiary/aromatic N) is 1. The summed E-state index contributed by atoms with van der Waals surface area (Å²) < 4.78 is 28.9. The minimum Gasteiger partial charge on any atom is -0.290 e. The summed E-state index contributed by atoms with van der Waals surface area (Å²) in [5.74, 6) is 0.152. The van der Waals surface area contributed by atoms with E-state index in [4.69, 9.17) is 4.28 Å². The van der Waals surface area contributed by atoms with E-state index in [1.165, 1.54) is 30.4 Å². The molecule has 1 aliphatic carbocycles. The van der Waals surface area contributed by atoms with Crippen LogP contribution in [0.3, 0.4) is 0 Å². The summed E-state index contributed by atoms with van der Waals surface area (Å²) in [5, 5.41) is 3.63. The predicted octanol–water partition coefficient (Wildman–Crippen LogP) is 2.96. The molecule has 0 aromatic heterocycles. The number of benzene rings is 1. The zero-order valence-electron chi connectivity index (χ0n) is 12.6. The highest BCUT2D eigenvalue weighted by Crippen LogP contribution is 2.19. The number of oxime groups is 1. The Hall–Kier alpha value is -2.21. The number of carbonyl (C=O) groups is 1. The van der Waals surface area contributed by atoms with Gasteiger partial charge in [0, 0.05) is 0 Å². The molecule has 1 aromatic rings. The smallest absolute Gasteiger partial charge is 0.290 e. The number of hydrogen-bond acceptors (Lipinski definition) is 5. The maximum atomic E-state index is 12.1. The molecule has 5 nitrogen and oxygen atoms in total. The van der Waals surface area contributed by atoms with Gasteiger partial charge in [0.15, 0.2) is 5.78 Å². The third kappa shape index (κ3) is 3.71. The molecule has 0 amide bonds. The van der Waals surface area contributed by atoms with Gasteiger partial charge in [0.25, 0.3) is 0 Å². The van der Waals surface area contributed by atoms with Crippen molar-refractivity contribution in [3.8, 4) is 0 Å². The van der Waals surface area contributed by atoms with Crippen LogP contribution in [0.25, 0.3) is 0 Å². The molecule has 116 valence electrons. The highest BCUT2D eigenvalue weighted by molar-refractivity contribution is 7.86. The van der Waals surface area contributed by atoms with Crippen molar-refractivity contribution in [2.24, 2.45) is 5.16 Å². The number of carbonyl (C=O) groups excluding carboxylic acids is 1. The van der Waals surface area contributed by atoms with Gasteiger partial charge in [0.05, 0.1) is 0 Å². The van der Waals surface area contributed by atoms with Gasteiger partial charge >= 0.3 is 10.1 Å². The maximum absolute atomic E-state index is 12.1. The Balaban J connectivity index is 2.20. The van der Waals surface area contributed by atoms with Gasteiger partial charge in [-0.1, -0.05) is 31.1 Å². The Bertz CT molecular complexity index is 769. The third-order valence-electron chi connectivity index (χ3n) is 3.24. The molecular formula is C16H17NO4S. The van der Waals surface area contributed by atoms with Gasteiger partial charge in [0.1, 0.15) is 10.6 Å². The van der Waals surface area contributed by atoms with Crippen LogP contribution in [0.4, 0.5) is 0 Å². The second-order valence-corrected chi connectivity index (χ2v) is 6.82. The third-order valence-corrected chi connectivity index (χ3v) is 4.36. The van der Waals surface area contributed by atoms with Crippen LogP contribution in [-0.4, -0.2) is 19.9 Å². The second kappa shape index (κ2) is 6.27. The summed E-state index contributed by atoms with van der Waals surface area (Å²) in [6.07, 6.45) is 4.10. The zero-order valence-corrected chi connectivity index (χ0v) is 13.4. The molecule has 0 saturated carbocycles. The van der Waals surface area contributed by atoms with Crippen LogP contribution in [0, 0.1) is 0 Å². The molecule has 1 aliphatic rings. The summed E-state index contributed by atoms with van der Waals surface area (Å²) in [4.78, 5) is 11.2. The molecule has 0 saturated heterocycles. The van der Waals surface area contributed by atoms with E-state index in [1.54, 1.807) is 19.1 Å². The fourth-order valence-electron chi connectivity index (χ4n) is 1.88. The molecule has 0 radical (unpaired) electrons. The zero-order chi connectivity index (χ0) is 16.3. The van der Waals surface area contributed by atoms with Crippen LogP contribution in [0.15, 0.2) is 58.1 Å². The maximum Gasteiger partial charge on any atom is 0.358 e. The first-order valence-electron chi connectivity index (χ1n) is 6.82. The Labute approximate surface area is 130 Å². The fraction of sp³-hybridized carbons (Fsp3) is 0.250. The predicted molar refractivity (Wildman–Crippen MR) is 84.1 cm³/mol. The van der Waals surface area contributed by atoms with E-state index in [9.17, 15) is 13.2 Å². The summed E-state index contributed by atoms with van der Waals surface area (Å²) in [5.41, 5.74) is 1.90. The lowest BCUT2D eigenvalue weighted by Gasteiger charge is -2.08. The highest BCUT2D eigenvalue weighted by Gasteiger charge is 2.17. The molecule has 6 heteroatoms. The van der Waals surface area contributed by atoms with E-state index < -0.39 is 10.1 Å². The lowest BCUT2D eigenvalue weighted by Crippen LogP contribution is -2.09. The summed E-state index contributed by atoms with van der Waals surface area (Å²) in [6.45, 7) is 5.71. The molecule has 0 heterocycles. The molecule has 22 heavy (non-hydrogen) atoms. The average molecular weight is 319 g/mol. The molecule has 2 rings (SSSR count). The van der Waals surface area contributed by atoms with E-state index in [0.29, 0.717) is 17.2 Å². The van der Waals surface area contributed by atoms with Crippen LogP contribution in [0.5, 0.6) is 0 Å². The van der Waals surface area contributed by atoms with Crippen LogP contribution in [-0.2, 0) is 19.2 Å². The fourth-order valence-corrected chi connectivity index (χ4v) is 2.62. The molecule has 0 fully saturated rings. The van der Waals surface area contributed by atoms with Crippen molar-refractivity contribution in [1.82, 2.24) is 0 Å². The lowest BCUT2D eigenvalue weighted by molar-refractivity contribution is -0.110. The van der Waals surface area contributed by atoms with Crippen molar-refractivity contribution in [3.05, 3.63) is 53.6 Å². The normalized spacial score (nSPS) is 17.0. The molecule has 0 unspecified atom stereocenters. The van der Waals surface area contributed by atoms with E-state index >= 15 is 0 Å². The quantitative estimate of drug-likeness (QED) is 0.632. The molecule has 0 atom stereocenters. The summed E-state index contributed by atoms with van der Waals surface area (Å²) >= 11 is 0. The molecule has 0 spiro atoms. The lowest BCUT2D eigenvalue weighted by atomic mass is 10.0. The monoisotopic (exact) mass is 319 g/mol. The van der Waals surface area contributed by atoms with Crippen LogP contribution in [0.1, 0.15) is 32.3 Å². The van der Waals surface area contributed by atoms with Gasteiger partial charge in [-0.05, 0) is 54.3 Å². The standard InChI is InChI=1S/C16H17NO4S/c1-11(2)13-4-7-15(8-5-13)22(19,20)21-17-16-9-6-14(18)10-12(16)3/h4-11H,1-3H3. The Morgan fingerprint density at radius 3 is 2.27 bits per heavy atom. The average Bonchev–Trinajstić information content (AvgIpc) is 2.46. The minimum atomic E-state index is -3.97. The van der Waals surface area contributed by atoms with Gasteiger partial charge in [-0.3, -0.25) is 9.08 Å². The number of ketones is 1. The van der Waals surface area contributed by atoms with Crippen molar-refractivity contribution < 1.29 is 17.5 Å². The Kier molecular flexibility index (Phi) is 4.61. The molecule has 0 bridgehead atoms. The Morgan fingerprint density at radius 1 is 1.09 bits per heavy atom. The van der Waals surface area contributed by atoms with Crippen LogP contribution in [0.2, 0.25) is 0 Å². The van der Waals surface area contributed by atoms with Crippen molar-refractivity contribution in [3.63, 3.8) is 0 Å². The second-order valence-electron chi connectivity index (χ2n) is 5.29. The van der Waals surface area contributed by atoms with Gasteiger partial charge in [-0.25, -0.2) is 0 Å². The van der Waals surface area contributed by atoms with E-state index in [-0.39, 0.29) is 10.7 Å². The highest BCUT2D eigenvalue weighted by atomic mass is 32.2. The van der Waals surface area contributed by atoms with Crippen LogP contribution >= 0.6 is 0 Å². The number of allylic oxidation sites excluding steroid dienone is 4. The van der Waals surface area contributed by atoms with Gasteiger partial charge < -0.3 is 0 Å². The molecule has 0 N–H and O–H groups in total. The largest absolute Gasteiger partial charge is 0.358 e. The first kappa shape index (κ1) is 16.2. The van der Waals surface area contributed by atoms with E-state index in [0.717, 1.165) is 5.56 Å². The van der Waals surface area contributed by atoms with Gasteiger partial charge in [-0.2, -0.15) is 8.42 Å². The molecule has 0 aliphatic heterocycles. The van der Waals surface area contributed by atoms with Gasteiger partial charge in [-0.15, -0.1) is 0 Å². The van der Waals surface area contributed by atoms with Crippen molar-refractivity contribution >= 4 is 21.6 Å². The van der Waals surface area contributed by atoms with Crippen molar-refractivity contribution in [1.29, 1.82) is 0 Å². The van der Waals surface area contributed by atoms with E-state index in [1.807, 2.05) is 13.8 Å². The minimum absolute atomic E-state index is 0.0405. The van der Waals surface area contributed by atoms with Crippen LogP contribution < -0.4 is 0 Å².